The van der Waals surface area contributed by atoms with E-state index in [0.29, 0.717) is 11.4 Å². The van der Waals surface area contributed by atoms with Gasteiger partial charge in [-0.3, -0.25) is 4.79 Å². The van der Waals surface area contributed by atoms with E-state index < -0.39 is 35.0 Å². The lowest BCUT2D eigenvalue weighted by molar-refractivity contribution is -0.169. The minimum atomic E-state index is -4.60. The summed E-state index contributed by atoms with van der Waals surface area (Å²) in [5.74, 6) is -1.25. The van der Waals surface area contributed by atoms with Gasteiger partial charge in [-0.05, 0) is 62.9 Å². The Morgan fingerprint density at radius 2 is 1.97 bits per heavy atom. The Morgan fingerprint density at radius 3 is 2.63 bits per heavy atom. The number of halogens is 3. The summed E-state index contributed by atoms with van der Waals surface area (Å²) in [6.07, 6.45) is -1.89. The molecule has 0 unspecified atom stereocenters. The number of nitrogens with one attached hydrogen (secondary N) is 1. The number of benzene rings is 1. The zero-order valence-corrected chi connectivity index (χ0v) is 18.9. The zero-order valence-electron chi connectivity index (χ0n) is 18.9. The number of aliphatic hydroxyl groups is 2. The minimum absolute atomic E-state index is 0.0154. The highest BCUT2D eigenvalue weighted by Gasteiger charge is 2.51. The van der Waals surface area contributed by atoms with E-state index in [9.17, 15) is 33.3 Å². The average molecular weight is 491 g/mol. The van der Waals surface area contributed by atoms with Crippen LogP contribution in [-0.2, 0) is 16.6 Å². The number of anilines is 2. The van der Waals surface area contributed by atoms with Crippen molar-refractivity contribution in [2.45, 2.75) is 51.0 Å². The molecular weight excluding hydrogens is 467 g/mol. The molecule has 186 valence electrons. The van der Waals surface area contributed by atoms with Crippen molar-refractivity contribution < 1.29 is 33.3 Å². The number of imidazole rings is 1. The lowest BCUT2D eigenvalue weighted by Gasteiger charge is -2.42. The normalized spacial score (nSPS) is 24.8. The second-order valence-electron chi connectivity index (χ2n) is 9.12. The van der Waals surface area contributed by atoms with E-state index in [1.165, 1.54) is 19.4 Å². The van der Waals surface area contributed by atoms with Crippen LogP contribution >= 0.6 is 0 Å². The van der Waals surface area contributed by atoms with E-state index >= 15 is 0 Å². The largest absolute Gasteiger partial charge is 0.481 e. The number of hydrogen-bond acceptors (Lipinski definition) is 7. The molecule has 1 aliphatic carbocycles. The smallest absolute Gasteiger partial charge is 0.433 e. The third-order valence-electron chi connectivity index (χ3n) is 6.36. The van der Waals surface area contributed by atoms with Crippen LogP contribution in [0.3, 0.4) is 0 Å². The average Bonchev–Trinajstić information content (AvgIpc) is 3.27. The summed E-state index contributed by atoms with van der Waals surface area (Å²) in [7, 11) is 0. The fourth-order valence-corrected chi connectivity index (χ4v) is 4.20. The predicted octanol–water partition coefficient (Wildman–Crippen LogP) is 3.56. The van der Waals surface area contributed by atoms with Crippen LogP contribution in [0, 0.1) is 12.3 Å². The maximum absolute atomic E-state index is 13.0. The van der Waals surface area contributed by atoms with Crippen LogP contribution in [0.15, 0.2) is 43.0 Å². The van der Waals surface area contributed by atoms with Crippen molar-refractivity contribution in [3.8, 4) is 5.69 Å². The molecule has 0 bridgehead atoms. The molecule has 2 aromatic heterocycles. The number of carboxylic acids is 1. The van der Waals surface area contributed by atoms with Gasteiger partial charge >= 0.3 is 12.1 Å². The third kappa shape index (κ3) is 4.84. The van der Waals surface area contributed by atoms with E-state index in [4.69, 9.17) is 0 Å². The Kier molecular flexibility index (Phi) is 6.05. The minimum Gasteiger partial charge on any atom is -0.481 e. The number of nitrogens with zero attached hydrogens (tertiary/aromatic N) is 4. The molecule has 3 atom stereocenters. The molecular formula is C23H24F3N5O4. The lowest BCUT2D eigenvalue weighted by Crippen LogP contribution is -2.50. The molecule has 4 N–H and O–H groups in total. The first-order valence-electron chi connectivity index (χ1n) is 10.8. The molecule has 35 heavy (non-hydrogen) atoms. The van der Waals surface area contributed by atoms with E-state index in [-0.39, 0.29) is 30.9 Å². The van der Waals surface area contributed by atoms with Crippen LogP contribution in [-0.4, -0.2) is 46.9 Å². The monoisotopic (exact) mass is 491 g/mol. The highest BCUT2D eigenvalue weighted by atomic mass is 19.4. The second-order valence-corrected chi connectivity index (χ2v) is 9.12. The van der Waals surface area contributed by atoms with Gasteiger partial charge in [-0.1, -0.05) is 0 Å². The summed E-state index contributed by atoms with van der Waals surface area (Å²) >= 11 is 0. The second kappa shape index (κ2) is 8.61. The number of rotatable bonds is 5. The number of carboxylic acid groups (broad SMARTS) is 1. The summed E-state index contributed by atoms with van der Waals surface area (Å²) in [5, 5.41) is 34.0. The SMILES string of the molecule is Cc1cc(Nc2nccc(C(F)(F)F)n2)cc(-n2cnc([C@]3(O)CC[C@@](C)(C(=O)O)C[C@H]3O)c2)c1. The number of aliphatic carboxylic acids is 1. The third-order valence-corrected chi connectivity index (χ3v) is 6.36. The molecule has 4 rings (SSSR count). The lowest BCUT2D eigenvalue weighted by atomic mass is 9.67. The van der Waals surface area contributed by atoms with Crippen LogP contribution in [0.25, 0.3) is 5.69 Å². The summed E-state index contributed by atoms with van der Waals surface area (Å²) in [6, 6.07) is 5.93. The summed E-state index contributed by atoms with van der Waals surface area (Å²) < 4.78 is 40.5. The van der Waals surface area contributed by atoms with Crippen LogP contribution in [0.1, 0.15) is 43.1 Å². The number of hydrogen-bond donors (Lipinski definition) is 4. The first-order valence-corrected chi connectivity index (χ1v) is 10.8. The maximum atomic E-state index is 13.0. The molecule has 1 aliphatic rings. The van der Waals surface area contributed by atoms with Gasteiger partial charge in [0.05, 0.1) is 23.5 Å². The first kappa shape index (κ1) is 24.6. The van der Waals surface area contributed by atoms with Crippen molar-refractivity contribution >= 4 is 17.6 Å². The van der Waals surface area contributed by atoms with Gasteiger partial charge in [-0.25, -0.2) is 15.0 Å². The summed E-state index contributed by atoms with van der Waals surface area (Å²) in [4.78, 5) is 23.1. The Bertz CT molecular complexity index is 1260. The Morgan fingerprint density at radius 1 is 1.23 bits per heavy atom. The molecule has 0 aliphatic heterocycles. The van der Waals surface area contributed by atoms with E-state index in [1.54, 1.807) is 29.7 Å². The fourth-order valence-electron chi connectivity index (χ4n) is 4.20. The standard InChI is InChI=1S/C23H24F3N5O4/c1-13-7-14(29-20-27-6-3-16(30-20)23(24,25)26)9-15(8-13)31-11-17(28-12-31)22(35)5-4-21(2,19(33)34)10-18(22)32/h3,6-9,11-12,18,32,35H,4-5,10H2,1-2H3,(H,33,34)(H,27,29,30)/t18-,21-,22-/m1/s1. The van der Waals surface area contributed by atoms with Gasteiger partial charge in [0.25, 0.3) is 0 Å². The molecule has 1 saturated carbocycles. The van der Waals surface area contributed by atoms with E-state index in [1.807, 2.05) is 0 Å². The molecule has 2 heterocycles. The van der Waals surface area contributed by atoms with Gasteiger partial charge in [0.15, 0.2) is 0 Å². The highest BCUT2D eigenvalue weighted by molar-refractivity contribution is 5.74. The first-order chi connectivity index (χ1) is 16.3. The van der Waals surface area contributed by atoms with Gasteiger partial charge < -0.3 is 25.2 Å². The van der Waals surface area contributed by atoms with Gasteiger partial charge in [-0.2, -0.15) is 13.2 Å². The number of aromatic nitrogens is 4. The van der Waals surface area contributed by atoms with Crippen molar-refractivity contribution in [2.75, 3.05) is 5.32 Å². The molecule has 3 aromatic rings. The molecule has 0 radical (unpaired) electrons. The zero-order chi connectivity index (χ0) is 25.6. The van der Waals surface area contributed by atoms with Crippen molar-refractivity contribution in [2.24, 2.45) is 5.41 Å². The topological polar surface area (TPSA) is 133 Å². The molecule has 0 amide bonds. The van der Waals surface area contributed by atoms with E-state index in [2.05, 4.69) is 20.3 Å². The molecule has 1 fully saturated rings. The van der Waals surface area contributed by atoms with E-state index in [0.717, 1.165) is 17.8 Å². The number of aryl methyl sites for hydroxylation is 1. The quantitative estimate of drug-likeness (QED) is 0.426. The maximum Gasteiger partial charge on any atom is 0.433 e. The van der Waals surface area contributed by atoms with Crippen LogP contribution in [0.5, 0.6) is 0 Å². The van der Waals surface area contributed by atoms with Crippen molar-refractivity contribution in [1.29, 1.82) is 0 Å². The molecule has 9 nitrogen and oxygen atoms in total. The van der Waals surface area contributed by atoms with Gasteiger partial charge in [0, 0.05) is 23.8 Å². The number of alkyl halides is 3. The van der Waals surface area contributed by atoms with Crippen LogP contribution in [0.4, 0.5) is 24.8 Å². The van der Waals surface area contributed by atoms with Gasteiger partial charge in [-0.15, -0.1) is 0 Å². The van der Waals surface area contributed by atoms with Gasteiger partial charge in [0.2, 0.25) is 5.95 Å². The van der Waals surface area contributed by atoms with Gasteiger partial charge in [0.1, 0.15) is 11.3 Å². The molecule has 1 aromatic carbocycles. The van der Waals surface area contributed by atoms with Crippen LogP contribution < -0.4 is 5.32 Å². The Labute approximate surface area is 198 Å². The Hall–Kier alpha value is -3.51. The predicted molar refractivity (Wildman–Crippen MR) is 118 cm³/mol. The molecule has 0 spiro atoms. The Balaban J connectivity index is 1.59. The number of carbonyl (C=O) groups is 1. The molecule has 12 heteroatoms. The molecule has 0 saturated heterocycles. The number of aliphatic hydroxyl groups excluding tert-OH is 1. The van der Waals surface area contributed by atoms with Crippen molar-refractivity contribution in [1.82, 2.24) is 19.5 Å². The van der Waals surface area contributed by atoms with Crippen molar-refractivity contribution in [3.05, 3.63) is 59.9 Å². The summed E-state index contributed by atoms with van der Waals surface area (Å²) in [5.41, 5.74) is -1.94. The summed E-state index contributed by atoms with van der Waals surface area (Å²) in [6.45, 7) is 3.33. The van der Waals surface area contributed by atoms with Crippen LogP contribution in [0.2, 0.25) is 0 Å². The highest BCUT2D eigenvalue weighted by Crippen LogP contribution is 2.45. The van der Waals surface area contributed by atoms with Crippen molar-refractivity contribution in [3.63, 3.8) is 0 Å². The fraction of sp³-hybridized carbons (Fsp3) is 0.391.